The fourth-order valence-electron chi connectivity index (χ4n) is 8.57. The Hall–Kier alpha value is -0.670. The first-order valence-corrected chi connectivity index (χ1v) is 12.7. The lowest BCUT2D eigenvalue weighted by Crippen LogP contribution is -2.53. The highest BCUT2D eigenvalue weighted by Crippen LogP contribution is 2.67. The maximum atomic E-state index is 12.2. The minimum atomic E-state index is -0.216. The van der Waals surface area contributed by atoms with Gasteiger partial charge in [-0.2, -0.15) is 0 Å². The molecular formula is C27H44O3. The fourth-order valence-corrected chi connectivity index (χ4v) is 8.57. The number of Topliss-reactive ketones (excluding diaryl/α,β-unsaturated/α-hetero) is 1. The smallest absolute Gasteiger partial charge is 0.135 e. The van der Waals surface area contributed by atoms with Gasteiger partial charge in [0.1, 0.15) is 5.78 Å². The van der Waals surface area contributed by atoms with E-state index in [1.165, 1.54) is 31.3 Å². The molecule has 4 rings (SSSR count). The number of rotatable bonds is 6. The van der Waals surface area contributed by atoms with Gasteiger partial charge in [-0.25, -0.2) is 0 Å². The van der Waals surface area contributed by atoms with Gasteiger partial charge in [-0.3, -0.25) is 4.79 Å². The SMILES string of the molecule is CC(C)C(=O)CC[C@@H](C)[C@H]1CC[C@H]2[C@@H]3CC=C4C[C@@H](O)CC[C@]4(CO)[C@H]3CC[C@]12C. The molecule has 0 heterocycles. The van der Waals surface area contributed by atoms with Crippen LogP contribution in [0.4, 0.5) is 0 Å². The monoisotopic (exact) mass is 416 g/mol. The van der Waals surface area contributed by atoms with Crippen LogP contribution in [-0.4, -0.2) is 28.7 Å². The zero-order valence-electron chi connectivity index (χ0n) is 19.7. The summed E-state index contributed by atoms with van der Waals surface area (Å²) >= 11 is 0. The van der Waals surface area contributed by atoms with Gasteiger partial charge in [-0.15, -0.1) is 0 Å². The summed E-state index contributed by atoms with van der Waals surface area (Å²) in [6.45, 7) is 9.25. The predicted octanol–water partition coefficient (Wildman–Crippen LogP) is 5.54. The third-order valence-electron chi connectivity index (χ3n) is 10.3. The van der Waals surface area contributed by atoms with Crippen molar-refractivity contribution in [2.75, 3.05) is 6.61 Å². The Morgan fingerprint density at radius 2 is 1.90 bits per heavy atom. The average molecular weight is 417 g/mol. The number of aliphatic hydroxyl groups is 2. The van der Waals surface area contributed by atoms with Crippen molar-refractivity contribution in [2.24, 2.45) is 46.3 Å². The van der Waals surface area contributed by atoms with E-state index in [2.05, 4.69) is 19.9 Å². The summed E-state index contributed by atoms with van der Waals surface area (Å²) in [7, 11) is 0. The van der Waals surface area contributed by atoms with Gasteiger partial charge < -0.3 is 10.2 Å². The molecule has 4 aliphatic rings. The van der Waals surface area contributed by atoms with Crippen LogP contribution in [0.15, 0.2) is 11.6 Å². The minimum absolute atomic E-state index is 0.0587. The van der Waals surface area contributed by atoms with E-state index in [4.69, 9.17) is 0 Å². The van der Waals surface area contributed by atoms with Gasteiger partial charge in [-0.1, -0.05) is 39.3 Å². The Morgan fingerprint density at radius 3 is 2.60 bits per heavy atom. The molecule has 30 heavy (non-hydrogen) atoms. The van der Waals surface area contributed by atoms with Crippen LogP contribution in [0.1, 0.15) is 91.9 Å². The Kier molecular flexibility index (Phi) is 6.27. The number of fused-ring (bicyclic) bond motifs is 5. The van der Waals surface area contributed by atoms with Crippen LogP contribution in [0.5, 0.6) is 0 Å². The third kappa shape index (κ3) is 3.52. The van der Waals surface area contributed by atoms with Crippen molar-refractivity contribution in [3.05, 3.63) is 11.6 Å². The molecule has 0 amide bonds. The highest BCUT2D eigenvalue weighted by atomic mass is 16.3. The molecule has 0 saturated heterocycles. The first kappa shape index (κ1) is 22.5. The number of aliphatic hydroxyl groups excluding tert-OH is 2. The van der Waals surface area contributed by atoms with Gasteiger partial charge in [0.15, 0.2) is 0 Å². The molecular weight excluding hydrogens is 372 g/mol. The minimum Gasteiger partial charge on any atom is -0.395 e. The second-order valence-electron chi connectivity index (χ2n) is 11.9. The van der Waals surface area contributed by atoms with E-state index in [0.717, 1.165) is 50.4 Å². The molecule has 0 aliphatic heterocycles. The van der Waals surface area contributed by atoms with Gasteiger partial charge in [-0.05, 0) is 92.8 Å². The summed E-state index contributed by atoms with van der Waals surface area (Å²) in [4.78, 5) is 12.2. The van der Waals surface area contributed by atoms with Crippen molar-refractivity contribution >= 4 is 5.78 Å². The number of allylic oxidation sites excluding steroid dienone is 1. The number of carbonyl (C=O) groups is 1. The lowest BCUT2D eigenvalue weighted by atomic mass is 9.46. The molecule has 3 heteroatoms. The molecule has 2 N–H and O–H groups in total. The van der Waals surface area contributed by atoms with Crippen LogP contribution in [0.3, 0.4) is 0 Å². The average Bonchev–Trinajstić information content (AvgIpc) is 3.08. The van der Waals surface area contributed by atoms with Gasteiger partial charge in [0.05, 0.1) is 12.7 Å². The first-order valence-electron chi connectivity index (χ1n) is 12.7. The predicted molar refractivity (Wildman–Crippen MR) is 121 cm³/mol. The summed E-state index contributed by atoms with van der Waals surface area (Å²) in [5.41, 5.74) is 1.69. The summed E-state index contributed by atoms with van der Waals surface area (Å²) in [5, 5.41) is 20.8. The van der Waals surface area contributed by atoms with Crippen LogP contribution in [0.25, 0.3) is 0 Å². The molecule has 0 aromatic carbocycles. The molecule has 8 atom stereocenters. The molecule has 0 spiro atoms. The molecule has 0 unspecified atom stereocenters. The molecule has 0 aromatic rings. The first-order chi connectivity index (χ1) is 14.2. The normalized spacial score (nSPS) is 44.1. The number of hydrogen-bond acceptors (Lipinski definition) is 3. The van der Waals surface area contributed by atoms with Crippen LogP contribution < -0.4 is 0 Å². The van der Waals surface area contributed by atoms with E-state index >= 15 is 0 Å². The summed E-state index contributed by atoms with van der Waals surface area (Å²) in [6.07, 6.45) is 12.8. The van der Waals surface area contributed by atoms with E-state index in [1.54, 1.807) is 0 Å². The maximum absolute atomic E-state index is 12.2. The van der Waals surface area contributed by atoms with E-state index < -0.39 is 0 Å². The Balaban J connectivity index is 1.52. The second kappa shape index (κ2) is 8.35. The molecule has 0 bridgehead atoms. The zero-order chi connectivity index (χ0) is 21.7. The maximum Gasteiger partial charge on any atom is 0.135 e. The van der Waals surface area contributed by atoms with Gasteiger partial charge in [0.25, 0.3) is 0 Å². The van der Waals surface area contributed by atoms with Gasteiger partial charge in [0, 0.05) is 17.8 Å². The van der Waals surface area contributed by atoms with Crippen molar-refractivity contribution in [1.82, 2.24) is 0 Å². The van der Waals surface area contributed by atoms with Gasteiger partial charge >= 0.3 is 0 Å². The second-order valence-corrected chi connectivity index (χ2v) is 11.9. The van der Waals surface area contributed by atoms with Crippen LogP contribution in [0.2, 0.25) is 0 Å². The molecule has 3 nitrogen and oxygen atoms in total. The van der Waals surface area contributed by atoms with Crippen LogP contribution in [0, 0.1) is 46.3 Å². The Morgan fingerprint density at radius 1 is 1.13 bits per heavy atom. The van der Waals surface area contributed by atoms with Crippen molar-refractivity contribution in [3.63, 3.8) is 0 Å². The molecule has 3 fully saturated rings. The van der Waals surface area contributed by atoms with Crippen LogP contribution in [-0.2, 0) is 4.79 Å². The van der Waals surface area contributed by atoms with Crippen molar-refractivity contribution in [3.8, 4) is 0 Å². The lowest BCUT2D eigenvalue weighted by Gasteiger charge is -2.59. The van der Waals surface area contributed by atoms with E-state index in [1.807, 2.05) is 13.8 Å². The third-order valence-corrected chi connectivity index (χ3v) is 10.3. The summed E-state index contributed by atoms with van der Waals surface area (Å²) in [6, 6.07) is 0. The van der Waals surface area contributed by atoms with Crippen LogP contribution >= 0.6 is 0 Å². The molecule has 0 aromatic heterocycles. The standard InChI is InChI=1S/C27H44O3/c1-17(2)25(30)10-5-18(3)22-8-9-23-21-7-6-19-15-20(29)11-14-27(19,16-28)24(21)12-13-26(22,23)4/h6,17-18,20-24,28-29H,5,7-16H2,1-4H3/t18-,20+,21+,22-,23+,24+,26-,27-/m1/s1. The molecule has 4 aliphatic carbocycles. The van der Waals surface area contributed by atoms with Crippen molar-refractivity contribution in [1.29, 1.82) is 0 Å². The number of ketones is 1. The topological polar surface area (TPSA) is 57.5 Å². The van der Waals surface area contributed by atoms with E-state index in [9.17, 15) is 15.0 Å². The largest absolute Gasteiger partial charge is 0.395 e. The van der Waals surface area contributed by atoms with Crippen molar-refractivity contribution < 1.29 is 15.0 Å². The number of carbonyl (C=O) groups excluding carboxylic acids is 1. The zero-order valence-corrected chi connectivity index (χ0v) is 19.7. The highest BCUT2D eigenvalue weighted by molar-refractivity contribution is 5.80. The summed E-state index contributed by atoms with van der Waals surface area (Å²) < 4.78 is 0. The number of hydrogen-bond donors (Lipinski definition) is 2. The highest BCUT2D eigenvalue weighted by Gasteiger charge is 2.60. The van der Waals surface area contributed by atoms with E-state index in [0.29, 0.717) is 29.0 Å². The Labute approximate surface area is 183 Å². The van der Waals surface area contributed by atoms with Crippen molar-refractivity contribution in [2.45, 2.75) is 98.0 Å². The van der Waals surface area contributed by atoms with E-state index in [-0.39, 0.29) is 24.0 Å². The fraction of sp³-hybridized carbons (Fsp3) is 0.889. The summed E-state index contributed by atoms with van der Waals surface area (Å²) in [5.74, 6) is 3.94. The molecule has 3 saturated carbocycles. The quantitative estimate of drug-likeness (QED) is 0.559. The Bertz CT molecular complexity index is 682. The molecule has 170 valence electrons. The molecule has 0 radical (unpaired) electrons. The van der Waals surface area contributed by atoms with Gasteiger partial charge in [0.2, 0.25) is 0 Å². The lowest BCUT2D eigenvalue weighted by molar-refractivity contribution is -0.122.